The lowest BCUT2D eigenvalue weighted by molar-refractivity contribution is -0.140. The van der Waals surface area contributed by atoms with Crippen LogP contribution in [0.15, 0.2) is 40.5 Å². The molecule has 1 unspecified atom stereocenters. The molecule has 0 bridgehead atoms. The van der Waals surface area contributed by atoms with Gasteiger partial charge in [-0.25, -0.2) is 0 Å². The Kier molecular flexibility index (Phi) is 6.33. The van der Waals surface area contributed by atoms with Crippen LogP contribution in [0.4, 0.5) is 0 Å². The first kappa shape index (κ1) is 21.0. The van der Waals surface area contributed by atoms with E-state index in [4.69, 9.17) is 20.8 Å². The highest BCUT2D eigenvalue weighted by Crippen LogP contribution is 2.42. The average molecular weight is 418 g/mol. The van der Waals surface area contributed by atoms with Crippen LogP contribution in [0.3, 0.4) is 0 Å². The average Bonchev–Trinajstić information content (AvgIpc) is 3.29. The van der Waals surface area contributed by atoms with Gasteiger partial charge in [0, 0.05) is 6.54 Å². The number of hydrogen-bond donors (Lipinski definition) is 1. The summed E-state index contributed by atoms with van der Waals surface area (Å²) >= 11 is 6.26. The van der Waals surface area contributed by atoms with Crippen LogP contribution in [0, 0.1) is 6.92 Å². The number of hydrogen-bond acceptors (Lipinski definition) is 5. The van der Waals surface area contributed by atoms with Crippen molar-refractivity contribution in [2.75, 3.05) is 13.7 Å². The van der Waals surface area contributed by atoms with E-state index in [9.17, 15) is 14.7 Å². The third kappa shape index (κ3) is 3.90. The molecule has 1 amide bonds. The van der Waals surface area contributed by atoms with Crippen molar-refractivity contribution in [2.45, 2.75) is 39.2 Å². The molecule has 7 heteroatoms. The molecule has 0 aliphatic carbocycles. The third-order valence-electron chi connectivity index (χ3n) is 5.00. The second kappa shape index (κ2) is 8.74. The molecule has 0 spiro atoms. The molecule has 1 saturated heterocycles. The highest BCUT2D eigenvalue weighted by molar-refractivity contribution is 6.46. The maximum atomic E-state index is 12.9. The van der Waals surface area contributed by atoms with E-state index in [0.29, 0.717) is 17.3 Å². The van der Waals surface area contributed by atoms with Gasteiger partial charge < -0.3 is 19.2 Å². The SMILES string of the molecule is CCCCCN1C(=O)C(=O)/C(=C(\O)c2cc(C)cc(Cl)c2OC)C1c1ccco1. The van der Waals surface area contributed by atoms with Gasteiger partial charge in [0.25, 0.3) is 11.7 Å². The second-order valence-electron chi connectivity index (χ2n) is 7.04. The number of halogens is 1. The number of rotatable bonds is 7. The van der Waals surface area contributed by atoms with Gasteiger partial charge in [0.15, 0.2) is 0 Å². The van der Waals surface area contributed by atoms with Crippen molar-refractivity contribution in [1.82, 2.24) is 4.90 Å². The molecular formula is C22H24ClNO5. The number of amides is 1. The molecule has 0 saturated carbocycles. The molecule has 1 fully saturated rings. The molecule has 1 aliphatic heterocycles. The van der Waals surface area contributed by atoms with Gasteiger partial charge in [0.05, 0.1) is 29.5 Å². The second-order valence-corrected chi connectivity index (χ2v) is 7.45. The van der Waals surface area contributed by atoms with Gasteiger partial charge in [-0.1, -0.05) is 31.4 Å². The molecule has 29 heavy (non-hydrogen) atoms. The normalized spacial score (nSPS) is 18.5. The molecule has 1 aromatic heterocycles. The zero-order chi connectivity index (χ0) is 21.1. The molecule has 1 atom stereocenters. The van der Waals surface area contributed by atoms with Crippen molar-refractivity contribution in [1.29, 1.82) is 0 Å². The monoisotopic (exact) mass is 417 g/mol. The molecule has 1 N–H and O–H groups in total. The summed E-state index contributed by atoms with van der Waals surface area (Å²) in [6.07, 6.45) is 4.13. The van der Waals surface area contributed by atoms with Crippen molar-refractivity contribution in [3.63, 3.8) is 0 Å². The number of ether oxygens (including phenoxy) is 1. The highest BCUT2D eigenvalue weighted by Gasteiger charge is 2.47. The van der Waals surface area contributed by atoms with E-state index in [-0.39, 0.29) is 22.6 Å². The minimum Gasteiger partial charge on any atom is -0.507 e. The van der Waals surface area contributed by atoms with Crippen LogP contribution in [0.5, 0.6) is 5.75 Å². The Labute approximate surface area is 174 Å². The fourth-order valence-electron chi connectivity index (χ4n) is 3.64. The van der Waals surface area contributed by atoms with E-state index in [1.807, 2.05) is 6.92 Å². The number of Topliss-reactive ketones (excluding diaryl/α,β-unsaturated/α-hetero) is 1. The number of aliphatic hydroxyl groups is 1. The van der Waals surface area contributed by atoms with Gasteiger partial charge >= 0.3 is 0 Å². The minimum absolute atomic E-state index is 0.0265. The van der Waals surface area contributed by atoms with E-state index < -0.39 is 17.7 Å². The van der Waals surface area contributed by atoms with E-state index >= 15 is 0 Å². The quantitative estimate of drug-likeness (QED) is 0.301. The number of nitrogens with zero attached hydrogens (tertiary/aromatic N) is 1. The van der Waals surface area contributed by atoms with Gasteiger partial charge in [0.1, 0.15) is 23.3 Å². The maximum Gasteiger partial charge on any atom is 0.295 e. The molecule has 2 heterocycles. The lowest BCUT2D eigenvalue weighted by atomic mass is 9.97. The van der Waals surface area contributed by atoms with Crippen molar-refractivity contribution in [3.05, 3.63) is 58.0 Å². The molecule has 154 valence electrons. The van der Waals surface area contributed by atoms with Crippen LogP contribution in [0.1, 0.15) is 49.1 Å². The molecule has 1 aromatic carbocycles. The van der Waals surface area contributed by atoms with Crippen LogP contribution < -0.4 is 4.74 Å². The van der Waals surface area contributed by atoms with Gasteiger partial charge in [-0.15, -0.1) is 0 Å². The van der Waals surface area contributed by atoms with Crippen LogP contribution >= 0.6 is 11.6 Å². The zero-order valence-corrected chi connectivity index (χ0v) is 17.5. The number of aliphatic hydroxyl groups excluding tert-OH is 1. The number of ketones is 1. The van der Waals surface area contributed by atoms with E-state index in [1.54, 1.807) is 24.3 Å². The van der Waals surface area contributed by atoms with Crippen molar-refractivity contribution in [2.24, 2.45) is 0 Å². The number of carbonyl (C=O) groups excluding carboxylic acids is 2. The Balaban J connectivity index is 2.17. The van der Waals surface area contributed by atoms with Crippen LogP contribution in [-0.4, -0.2) is 35.4 Å². The summed E-state index contributed by atoms with van der Waals surface area (Å²) in [5, 5.41) is 11.4. The predicted molar refractivity (Wildman–Crippen MR) is 110 cm³/mol. The van der Waals surface area contributed by atoms with Crippen molar-refractivity contribution in [3.8, 4) is 5.75 Å². The lowest BCUT2D eigenvalue weighted by Crippen LogP contribution is -2.30. The van der Waals surface area contributed by atoms with Gasteiger partial charge in [-0.2, -0.15) is 0 Å². The standard InChI is InChI=1S/C22H24ClNO5/c1-4-5-6-9-24-18(16-8-7-10-29-16)17(20(26)22(24)27)19(25)14-11-13(2)12-15(23)21(14)28-3/h7-8,10-12,18,25H,4-6,9H2,1-3H3/b19-17-. The fourth-order valence-corrected chi connectivity index (χ4v) is 3.99. The fraction of sp³-hybridized carbons (Fsp3) is 0.364. The Morgan fingerprint density at radius 2 is 2.07 bits per heavy atom. The van der Waals surface area contributed by atoms with Gasteiger partial charge in [0.2, 0.25) is 0 Å². The summed E-state index contributed by atoms with van der Waals surface area (Å²) in [6, 6.07) is 5.95. The number of carbonyl (C=O) groups is 2. The van der Waals surface area contributed by atoms with Crippen LogP contribution in [-0.2, 0) is 9.59 Å². The summed E-state index contributed by atoms with van der Waals surface area (Å²) in [7, 11) is 1.43. The van der Waals surface area contributed by atoms with Crippen molar-refractivity contribution < 1.29 is 23.8 Å². The Bertz CT molecular complexity index is 948. The zero-order valence-electron chi connectivity index (χ0n) is 16.7. The largest absolute Gasteiger partial charge is 0.507 e. The summed E-state index contributed by atoms with van der Waals surface area (Å²) in [5.41, 5.74) is 1.02. The Morgan fingerprint density at radius 3 is 2.69 bits per heavy atom. The number of furan rings is 1. The molecule has 3 rings (SSSR count). The Morgan fingerprint density at radius 1 is 1.31 bits per heavy atom. The molecule has 1 aliphatic rings. The smallest absolute Gasteiger partial charge is 0.295 e. The third-order valence-corrected chi connectivity index (χ3v) is 5.28. The first-order valence-electron chi connectivity index (χ1n) is 9.57. The number of likely N-dealkylation sites (tertiary alicyclic amines) is 1. The van der Waals surface area contributed by atoms with Crippen LogP contribution in [0.25, 0.3) is 5.76 Å². The summed E-state index contributed by atoms with van der Waals surface area (Å²) in [4.78, 5) is 27.2. The number of unbranched alkanes of at least 4 members (excludes halogenated alkanes) is 2. The van der Waals surface area contributed by atoms with E-state index in [0.717, 1.165) is 24.8 Å². The van der Waals surface area contributed by atoms with Crippen LogP contribution in [0.2, 0.25) is 5.02 Å². The predicted octanol–water partition coefficient (Wildman–Crippen LogP) is 4.86. The number of methoxy groups -OCH3 is 1. The minimum atomic E-state index is -0.800. The number of aryl methyl sites for hydroxylation is 1. The highest BCUT2D eigenvalue weighted by atomic mass is 35.5. The van der Waals surface area contributed by atoms with E-state index in [1.165, 1.54) is 18.3 Å². The molecular weight excluding hydrogens is 394 g/mol. The molecule has 2 aromatic rings. The summed E-state index contributed by atoms with van der Waals surface area (Å²) < 4.78 is 10.9. The van der Waals surface area contributed by atoms with Crippen molar-refractivity contribution >= 4 is 29.1 Å². The topological polar surface area (TPSA) is 80.0 Å². The van der Waals surface area contributed by atoms with Gasteiger partial charge in [-0.3, -0.25) is 9.59 Å². The Hall–Kier alpha value is -2.73. The first-order valence-corrected chi connectivity index (χ1v) is 9.94. The number of benzene rings is 1. The molecule has 6 nitrogen and oxygen atoms in total. The first-order chi connectivity index (χ1) is 13.9. The molecule has 0 radical (unpaired) electrons. The van der Waals surface area contributed by atoms with E-state index in [2.05, 4.69) is 6.92 Å². The summed E-state index contributed by atoms with van der Waals surface area (Å²) in [5.74, 6) is -1.07. The lowest BCUT2D eigenvalue weighted by Gasteiger charge is -2.23. The summed E-state index contributed by atoms with van der Waals surface area (Å²) in [6.45, 7) is 4.27. The maximum absolute atomic E-state index is 12.9. The van der Waals surface area contributed by atoms with Gasteiger partial charge in [-0.05, 0) is 43.2 Å².